The van der Waals surface area contributed by atoms with Crippen molar-refractivity contribution in [1.29, 1.82) is 0 Å². The van der Waals surface area contributed by atoms with E-state index in [1.807, 2.05) is 24.3 Å². The number of halogens is 1. The van der Waals surface area contributed by atoms with E-state index in [1.165, 1.54) is 5.69 Å². The zero-order valence-corrected chi connectivity index (χ0v) is 8.12. The lowest BCUT2D eigenvalue weighted by Crippen LogP contribution is -2.26. The number of hydrogen-bond acceptors (Lipinski definition) is 1. The highest BCUT2D eigenvalue weighted by atomic mass is 19.1. The minimum atomic E-state index is -0.375. The van der Waals surface area contributed by atoms with Crippen molar-refractivity contribution < 1.29 is 4.39 Å². The van der Waals surface area contributed by atoms with Crippen molar-refractivity contribution in [2.24, 2.45) is 0 Å². The SMILES string of the molecule is FCc1ccc(N2CC=CCC2)cc1. The number of rotatable bonds is 2. The molecular formula is C12H14FN. The second-order valence-corrected chi connectivity index (χ2v) is 3.51. The highest BCUT2D eigenvalue weighted by molar-refractivity contribution is 5.48. The van der Waals surface area contributed by atoms with Gasteiger partial charge in [-0.3, -0.25) is 0 Å². The smallest absolute Gasteiger partial charge is 0.115 e. The summed E-state index contributed by atoms with van der Waals surface area (Å²) < 4.78 is 12.3. The Morgan fingerprint density at radius 1 is 1.14 bits per heavy atom. The van der Waals surface area contributed by atoms with Gasteiger partial charge >= 0.3 is 0 Å². The van der Waals surface area contributed by atoms with Crippen LogP contribution < -0.4 is 4.90 Å². The lowest BCUT2D eigenvalue weighted by Gasteiger charge is -2.25. The molecule has 2 heteroatoms. The number of benzene rings is 1. The Balaban J connectivity index is 2.12. The molecule has 0 atom stereocenters. The van der Waals surface area contributed by atoms with Gasteiger partial charge in [-0.15, -0.1) is 0 Å². The summed E-state index contributed by atoms with van der Waals surface area (Å²) in [5.74, 6) is 0. The van der Waals surface area contributed by atoms with Crippen LogP contribution in [0.5, 0.6) is 0 Å². The summed E-state index contributed by atoms with van der Waals surface area (Å²) in [6.45, 7) is 1.65. The average Bonchev–Trinajstić information content (AvgIpc) is 2.30. The highest BCUT2D eigenvalue weighted by Gasteiger charge is 2.06. The Bertz CT molecular complexity index is 316. The standard InChI is InChI=1S/C12H14FN/c13-10-11-4-6-12(7-5-11)14-8-2-1-3-9-14/h1-2,4-7H,3,8-10H2. The van der Waals surface area contributed by atoms with E-state index in [9.17, 15) is 4.39 Å². The average molecular weight is 191 g/mol. The van der Waals surface area contributed by atoms with E-state index in [4.69, 9.17) is 0 Å². The lowest BCUT2D eigenvalue weighted by molar-refractivity contribution is 0.485. The fraction of sp³-hybridized carbons (Fsp3) is 0.333. The van der Waals surface area contributed by atoms with Gasteiger partial charge in [0, 0.05) is 18.8 Å². The topological polar surface area (TPSA) is 3.24 Å². The minimum absolute atomic E-state index is 0.375. The maximum Gasteiger partial charge on any atom is 0.115 e. The van der Waals surface area contributed by atoms with Crippen LogP contribution in [0.2, 0.25) is 0 Å². The number of alkyl halides is 1. The maximum absolute atomic E-state index is 12.3. The molecular weight excluding hydrogens is 177 g/mol. The van der Waals surface area contributed by atoms with Gasteiger partial charge in [0.2, 0.25) is 0 Å². The summed E-state index contributed by atoms with van der Waals surface area (Å²) in [5.41, 5.74) is 1.94. The van der Waals surface area contributed by atoms with Gasteiger partial charge in [-0.05, 0) is 24.1 Å². The predicted octanol–water partition coefficient (Wildman–Crippen LogP) is 2.92. The number of hydrogen-bond donors (Lipinski definition) is 0. The Morgan fingerprint density at radius 3 is 2.50 bits per heavy atom. The monoisotopic (exact) mass is 191 g/mol. The van der Waals surface area contributed by atoms with Crippen molar-refractivity contribution in [3.05, 3.63) is 42.0 Å². The van der Waals surface area contributed by atoms with E-state index in [1.54, 1.807) is 0 Å². The van der Waals surface area contributed by atoms with Crippen molar-refractivity contribution in [3.8, 4) is 0 Å². The van der Waals surface area contributed by atoms with Gasteiger partial charge in [0.25, 0.3) is 0 Å². The summed E-state index contributed by atoms with van der Waals surface area (Å²) in [4.78, 5) is 2.29. The van der Waals surface area contributed by atoms with E-state index < -0.39 is 0 Å². The van der Waals surface area contributed by atoms with Crippen molar-refractivity contribution in [3.63, 3.8) is 0 Å². The summed E-state index contributed by atoms with van der Waals surface area (Å²) >= 11 is 0. The molecule has 14 heavy (non-hydrogen) atoms. The molecule has 1 aromatic carbocycles. The Morgan fingerprint density at radius 2 is 1.93 bits per heavy atom. The molecule has 0 N–H and O–H groups in total. The van der Waals surface area contributed by atoms with Crippen LogP contribution in [0.3, 0.4) is 0 Å². The van der Waals surface area contributed by atoms with Gasteiger partial charge in [-0.1, -0.05) is 24.3 Å². The van der Waals surface area contributed by atoms with E-state index in [-0.39, 0.29) is 6.67 Å². The van der Waals surface area contributed by atoms with E-state index in [0.717, 1.165) is 25.1 Å². The first-order valence-electron chi connectivity index (χ1n) is 4.95. The Hall–Kier alpha value is -1.31. The molecule has 0 unspecified atom stereocenters. The summed E-state index contributed by atoms with van der Waals surface area (Å²) in [6.07, 6.45) is 5.48. The molecule has 0 spiro atoms. The number of nitrogens with zero attached hydrogens (tertiary/aromatic N) is 1. The largest absolute Gasteiger partial charge is 0.368 e. The Kier molecular flexibility index (Phi) is 2.82. The van der Waals surface area contributed by atoms with Gasteiger partial charge in [-0.2, -0.15) is 0 Å². The van der Waals surface area contributed by atoms with Gasteiger partial charge in [0.1, 0.15) is 6.67 Å². The van der Waals surface area contributed by atoms with Crippen LogP contribution >= 0.6 is 0 Å². The van der Waals surface area contributed by atoms with Crippen LogP contribution in [0.25, 0.3) is 0 Å². The zero-order chi connectivity index (χ0) is 9.80. The predicted molar refractivity (Wildman–Crippen MR) is 57.2 cm³/mol. The molecule has 0 aliphatic carbocycles. The first-order valence-corrected chi connectivity index (χ1v) is 4.95. The molecule has 0 saturated carbocycles. The zero-order valence-electron chi connectivity index (χ0n) is 8.12. The second kappa shape index (κ2) is 4.27. The molecule has 0 radical (unpaired) electrons. The fourth-order valence-electron chi connectivity index (χ4n) is 1.67. The maximum atomic E-state index is 12.3. The van der Waals surface area contributed by atoms with Crippen LogP contribution in [0.1, 0.15) is 12.0 Å². The van der Waals surface area contributed by atoms with Crippen molar-refractivity contribution >= 4 is 5.69 Å². The van der Waals surface area contributed by atoms with Gasteiger partial charge in [0.15, 0.2) is 0 Å². The van der Waals surface area contributed by atoms with Crippen LogP contribution in [0.15, 0.2) is 36.4 Å². The van der Waals surface area contributed by atoms with E-state index >= 15 is 0 Å². The van der Waals surface area contributed by atoms with Crippen LogP contribution in [-0.4, -0.2) is 13.1 Å². The summed E-state index contributed by atoms with van der Waals surface area (Å²) in [6, 6.07) is 7.70. The van der Waals surface area contributed by atoms with Crippen molar-refractivity contribution in [1.82, 2.24) is 0 Å². The molecule has 1 nitrogen and oxygen atoms in total. The van der Waals surface area contributed by atoms with Crippen molar-refractivity contribution in [2.45, 2.75) is 13.1 Å². The first kappa shape index (κ1) is 9.25. The molecule has 1 aliphatic heterocycles. The molecule has 1 heterocycles. The molecule has 1 aromatic rings. The highest BCUT2D eigenvalue weighted by Crippen LogP contribution is 2.17. The minimum Gasteiger partial charge on any atom is -0.368 e. The quantitative estimate of drug-likeness (QED) is 0.650. The molecule has 0 amide bonds. The third-order valence-electron chi connectivity index (χ3n) is 2.51. The molecule has 74 valence electrons. The van der Waals surface area contributed by atoms with Gasteiger partial charge < -0.3 is 4.90 Å². The normalized spacial score (nSPS) is 15.9. The Labute approximate surface area is 83.9 Å². The molecule has 0 fully saturated rings. The van der Waals surface area contributed by atoms with Crippen molar-refractivity contribution in [2.75, 3.05) is 18.0 Å². The molecule has 0 bridgehead atoms. The van der Waals surface area contributed by atoms with E-state index in [2.05, 4.69) is 17.1 Å². The van der Waals surface area contributed by atoms with Gasteiger partial charge in [0.05, 0.1) is 0 Å². The van der Waals surface area contributed by atoms with Gasteiger partial charge in [-0.25, -0.2) is 4.39 Å². The van der Waals surface area contributed by atoms with Crippen LogP contribution in [-0.2, 0) is 6.67 Å². The number of anilines is 1. The molecule has 2 rings (SSSR count). The fourth-order valence-corrected chi connectivity index (χ4v) is 1.67. The molecule has 0 aromatic heterocycles. The summed E-state index contributed by atoms with van der Waals surface area (Å²) in [7, 11) is 0. The van der Waals surface area contributed by atoms with E-state index in [0.29, 0.717) is 0 Å². The molecule has 1 aliphatic rings. The summed E-state index contributed by atoms with van der Waals surface area (Å²) in [5, 5.41) is 0. The third-order valence-corrected chi connectivity index (χ3v) is 2.51. The third kappa shape index (κ3) is 1.95. The van der Waals surface area contributed by atoms with Crippen LogP contribution in [0, 0.1) is 0 Å². The second-order valence-electron chi connectivity index (χ2n) is 3.51. The molecule has 0 saturated heterocycles. The first-order chi connectivity index (χ1) is 6.90. The van der Waals surface area contributed by atoms with Crippen LogP contribution in [0.4, 0.5) is 10.1 Å². The lowest BCUT2D eigenvalue weighted by atomic mass is 10.2.